The lowest BCUT2D eigenvalue weighted by atomic mass is 10.2. The molecule has 3 rings (SSSR count). The van der Waals surface area contributed by atoms with Gasteiger partial charge in [-0.3, -0.25) is 0 Å². The molecule has 3 aromatic rings. The summed E-state index contributed by atoms with van der Waals surface area (Å²) in [5, 5.41) is 13.3. The zero-order valence-electron chi connectivity index (χ0n) is 10.3. The van der Waals surface area contributed by atoms with E-state index in [1.165, 1.54) is 0 Å². The molecule has 0 aliphatic heterocycles. The first-order valence-corrected chi connectivity index (χ1v) is 6.10. The fraction of sp³-hybridized carbons (Fsp3) is 0.143. The number of fused-ring (bicyclic) bond motifs is 1. The van der Waals surface area contributed by atoms with Gasteiger partial charge in [-0.25, -0.2) is 9.97 Å². The van der Waals surface area contributed by atoms with Crippen LogP contribution in [0.25, 0.3) is 10.9 Å². The number of aliphatic hydroxyl groups is 1. The van der Waals surface area contributed by atoms with Crippen LogP contribution in [0.4, 0.5) is 11.6 Å². The molecule has 1 aromatic carbocycles. The molecule has 0 aliphatic rings. The highest BCUT2D eigenvalue weighted by Crippen LogP contribution is 2.21. The minimum absolute atomic E-state index is 0.141. The minimum Gasteiger partial charge on any atom is -0.395 e. The summed E-state index contributed by atoms with van der Waals surface area (Å²) < 4.78 is 2.03. The minimum atomic E-state index is 0.141. The summed E-state index contributed by atoms with van der Waals surface area (Å²) in [6.45, 7) is 0.750. The number of benzene rings is 1. The van der Waals surface area contributed by atoms with Crippen molar-refractivity contribution in [3.05, 3.63) is 48.9 Å². The maximum atomic E-state index is 9.00. The monoisotopic (exact) mass is 254 g/mol. The predicted molar refractivity (Wildman–Crippen MR) is 74.3 cm³/mol. The Labute approximate surface area is 110 Å². The van der Waals surface area contributed by atoms with Crippen LogP contribution in [-0.2, 0) is 6.54 Å². The molecule has 0 amide bonds. The van der Waals surface area contributed by atoms with Crippen LogP contribution in [0.1, 0.15) is 0 Å². The van der Waals surface area contributed by atoms with Gasteiger partial charge in [0.2, 0.25) is 5.95 Å². The summed E-state index contributed by atoms with van der Waals surface area (Å²) in [7, 11) is 0. The second-order valence-corrected chi connectivity index (χ2v) is 4.20. The van der Waals surface area contributed by atoms with Crippen LogP contribution in [-0.4, -0.2) is 26.2 Å². The van der Waals surface area contributed by atoms with Gasteiger partial charge in [0.05, 0.1) is 6.61 Å². The molecule has 96 valence electrons. The number of rotatable bonds is 4. The number of hydrogen-bond acceptors (Lipinski definition) is 4. The molecule has 5 nitrogen and oxygen atoms in total. The summed E-state index contributed by atoms with van der Waals surface area (Å²) in [4.78, 5) is 8.26. The molecular formula is C14H14N4O. The van der Waals surface area contributed by atoms with Gasteiger partial charge in [0, 0.05) is 41.7 Å². The van der Waals surface area contributed by atoms with Crippen LogP contribution in [0.2, 0.25) is 0 Å². The predicted octanol–water partition coefficient (Wildman–Crippen LogP) is 2.17. The van der Waals surface area contributed by atoms with Crippen molar-refractivity contribution in [1.29, 1.82) is 0 Å². The third kappa shape index (κ3) is 2.41. The normalized spacial score (nSPS) is 10.8. The number of anilines is 2. The SMILES string of the molecule is OCCn1ccc2cc(Nc3ncccn3)ccc21. The van der Waals surface area contributed by atoms with Crippen LogP contribution in [0.15, 0.2) is 48.9 Å². The molecule has 0 fully saturated rings. The van der Waals surface area contributed by atoms with Crippen molar-refractivity contribution in [1.82, 2.24) is 14.5 Å². The van der Waals surface area contributed by atoms with Crippen molar-refractivity contribution in [2.45, 2.75) is 6.54 Å². The van der Waals surface area contributed by atoms with E-state index in [-0.39, 0.29) is 6.61 Å². The first-order chi connectivity index (χ1) is 9.36. The average Bonchev–Trinajstić information content (AvgIpc) is 2.83. The Hall–Kier alpha value is -2.40. The molecule has 5 heteroatoms. The Kier molecular flexibility index (Phi) is 3.12. The van der Waals surface area contributed by atoms with Crippen LogP contribution in [0.5, 0.6) is 0 Å². The van der Waals surface area contributed by atoms with Crippen LogP contribution in [0.3, 0.4) is 0 Å². The quantitative estimate of drug-likeness (QED) is 0.749. The molecule has 0 aliphatic carbocycles. The summed E-state index contributed by atoms with van der Waals surface area (Å²) in [6, 6.07) is 9.85. The number of aliphatic hydroxyl groups excluding tert-OH is 1. The molecule has 2 heterocycles. The lowest BCUT2D eigenvalue weighted by Gasteiger charge is -2.06. The molecule has 0 saturated carbocycles. The van der Waals surface area contributed by atoms with Gasteiger partial charge in [-0.15, -0.1) is 0 Å². The van der Waals surface area contributed by atoms with E-state index in [1.54, 1.807) is 18.5 Å². The zero-order valence-corrected chi connectivity index (χ0v) is 10.3. The Morgan fingerprint density at radius 2 is 2.00 bits per heavy atom. The van der Waals surface area contributed by atoms with Crippen molar-refractivity contribution in [3.63, 3.8) is 0 Å². The van der Waals surface area contributed by atoms with E-state index < -0.39 is 0 Å². The van der Waals surface area contributed by atoms with Gasteiger partial charge < -0.3 is 15.0 Å². The van der Waals surface area contributed by atoms with E-state index in [0.29, 0.717) is 12.5 Å². The number of nitrogens with one attached hydrogen (secondary N) is 1. The summed E-state index contributed by atoms with van der Waals surface area (Å²) in [5.41, 5.74) is 2.05. The Balaban J connectivity index is 1.90. The molecular weight excluding hydrogens is 240 g/mol. The first kappa shape index (κ1) is 11.7. The van der Waals surface area contributed by atoms with E-state index in [2.05, 4.69) is 15.3 Å². The smallest absolute Gasteiger partial charge is 0.227 e. The molecule has 19 heavy (non-hydrogen) atoms. The third-order valence-electron chi connectivity index (χ3n) is 2.93. The fourth-order valence-electron chi connectivity index (χ4n) is 2.07. The molecule has 0 unspecified atom stereocenters. The van der Waals surface area contributed by atoms with Gasteiger partial charge in [-0.05, 0) is 30.3 Å². The van der Waals surface area contributed by atoms with Crippen molar-refractivity contribution in [3.8, 4) is 0 Å². The van der Waals surface area contributed by atoms with Crippen LogP contribution in [0, 0.1) is 0 Å². The third-order valence-corrected chi connectivity index (χ3v) is 2.93. The largest absolute Gasteiger partial charge is 0.395 e. The van der Waals surface area contributed by atoms with Crippen molar-refractivity contribution in [2.24, 2.45) is 0 Å². The van der Waals surface area contributed by atoms with Crippen molar-refractivity contribution in [2.75, 3.05) is 11.9 Å². The van der Waals surface area contributed by atoms with E-state index in [0.717, 1.165) is 16.6 Å². The van der Waals surface area contributed by atoms with Crippen LogP contribution >= 0.6 is 0 Å². The number of hydrogen-bond donors (Lipinski definition) is 2. The second-order valence-electron chi connectivity index (χ2n) is 4.20. The van der Waals surface area contributed by atoms with Gasteiger partial charge in [-0.2, -0.15) is 0 Å². The van der Waals surface area contributed by atoms with Crippen LogP contribution < -0.4 is 5.32 Å². The highest BCUT2D eigenvalue weighted by Gasteiger charge is 2.02. The van der Waals surface area contributed by atoms with E-state index in [4.69, 9.17) is 5.11 Å². The average molecular weight is 254 g/mol. The standard InChI is InChI=1S/C14H14N4O/c19-9-8-18-7-4-11-10-12(2-3-13(11)18)17-14-15-5-1-6-16-14/h1-7,10,19H,8-9H2,(H,15,16,17). The van der Waals surface area contributed by atoms with Gasteiger partial charge in [0.15, 0.2) is 0 Å². The highest BCUT2D eigenvalue weighted by atomic mass is 16.3. The zero-order chi connectivity index (χ0) is 13.1. The molecule has 0 atom stereocenters. The summed E-state index contributed by atoms with van der Waals surface area (Å²) >= 11 is 0. The maximum Gasteiger partial charge on any atom is 0.227 e. The Bertz CT molecular complexity index is 678. The molecule has 2 aromatic heterocycles. The number of aromatic nitrogens is 3. The number of nitrogens with zero attached hydrogens (tertiary/aromatic N) is 3. The Morgan fingerprint density at radius 3 is 2.79 bits per heavy atom. The maximum absolute atomic E-state index is 9.00. The topological polar surface area (TPSA) is 63.0 Å². The van der Waals surface area contributed by atoms with Crippen molar-refractivity contribution < 1.29 is 5.11 Å². The van der Waals surface area contributed by atoms with Crippen molar-refractivity contribution >= 4 is 22.5 Å². The molecule has 0 bridgehead atoms. The molecule has 0 spiro atoms. The van der Waals surface area contributed by atoms with Gasteiger partial charge in [0.25, 0.3) is 0 Å². The lowest BCUT2D eigenvalue weighted by Crippen LogP contribution is -2.00. The fourth-order valence-corrected chi connectivity index (χ4v) is 2.07. The summed E-state index contributed by atoms with van der Waals surface area (Å²) in [5.74, 6) is 0.580. The second kappa shape index (κ2) is 5.07. The Morgan fingerprint density at radius 1 is 1.16 bits per heavy atom. The van der Waals surface area contributed by atoms with E-state index >= 15 is 0 Å². The highest BCUT2D eigenvalue weighted by molar-refractivity contribution is 5.84. The van der Waals surface area contributed by atoms with E-state index in [1.807, 2.05) is 35.0 Å². The van der Waals surface area contributed by atoms with Gasteiger partial charge >= 0.3 is 0 Å². The molecule has 0 saturated heterocycles. The lowest BCUT2D eigenvalue weighted by molar-refractivity contribution is 0.278. The molecule has 2 N–H and O–H groups in total. The molecule has 0 radical (unpaired) electrons. The van der Waals surface area contributed by atoms with E-state index in [9.17, 15) is 0 Å². The first-order valence-electron chi connectivity index (χ1n) is 6.10. The summed E-state index contributed by atoms with van der Waals surface area (Å²) in [6.07, 6.45) is 5.38. The van der Waals surface area contributed by atoms with Gasteiger partial charge in [-0.1, -0.05) is 0 Å². The van der Waals surface area contributed by atoms with Gasteiger partial charge in [0.1, 0.15) is 0 Å².